The van der Waals surface area contributed by atoms with Crippen LogP contribution in [-0.4, -0.2) is 36.1 Å². The molecular formula is C19H18ClN5S. The van der Waals surface area contributed by atoms with Crippen molar-refractivity contribution in [1.82, 2.24) is 9.97 Å². The van der Waals surface area contributed by atoms with Gasteiger partial charge in [-0.1, -0.05) is 11.6 Å². The molecule has 1 aromatic carbocycles. The second-order valence-corrected chi connectivity index (χ2v) is 8.02. The predicted molar refractivity (Wildman–Crippen MR) is 107 cm³/mol. The zero-order valence-corrected chi connectivity index (χ0v) is 16.2. The predicted octanol–water partition coefficient (Wildman–Crippen LogP) is 4.16. The van der Waals surface area contributed by atoms with E-state index in [1.165, 1.54) is 4.88 Å². The Morgan fingerprint density at radius 3 is 2.54 bits per heavy atom. The van der Waals surface area contributed by atoms with Crippen molar-refractivity contribution < 1.29 is 0 Å². The van der Waals surface area contributed by atoms with Crippen molar-refractivity contribution in [2.24, 2.45) is 0 Å². The highest BCUT2D eigenvalue weighted by Crippen LogP contribution is 2.33. The molecule has 0 amide bonds. The van der Waals surface area contributed by atoms with Gasteiger partial charge in [0.2, 0.25) is 0 Å². The summed E-state index contributed by atoms with van der Waals surface area (Å²) in [6, 6.07) is 7.92. The van der Waals surface area contributed by atoms with Gasteiger partial charge < -0.3 is 9.80 Å². The molecule has 0 radical (unpaired) electrons. The van der Waals surface area contributed by atoms with Gasteiger partial charge in [0.25, 0.3) is 0 Å². The molecule has 0 saturated carbocycles. The molecule has 1 saturated heterocycles. The number of aromatic nitrogens is 2. The number of nitriles is 1. The molecule has 1 aliphatic rings. The minimum absolute atomic E-state index is 0.592. The summed E-state index contributed by atoms with van der Waals surface area (Å²) in [4.78, 5) is 14.9. The van der Waals surface area contributed by atoms with Crippen molar-refractivity contribution >= 4 is 44.7 Å². The van der Waals surface area contributed by atoms with Crippen molar-refractivity contribution in [2.45, 2.75) is 13.8 Å². The summed E-state index contributed by atoms with van der Waals surface area (Å²) in [5, 5.41) is 12.3. The van der Waals surface area contributed by atoms with Crippen LogP contribution < -0.4 is 9.80 Å². The Morgan fingerprint density at radius 1 is 1.15 bits per heavy atom. The molecule has 2 aromatic heterocycles. The number of benzene rings is 1. The van der Waals surface area contributed by atoms with E-state index in [2.05, 4.69) is 39.7 Å². The summed E-state index contributed by atoms with van der Waals surface area (Å²) in [5.41, 5.74) is 3.49. The summed E-state index contributed by atoms with van der Waals surface area (Å²) < 4.78 is 0. The Labute approximate surface area is 161 Å². The number of hydrogen-bond acceptors (Lipinski definition) is 6. The van der Waals surface area contributed by atoms with Crippen LogP contribution in [0.25, 0.3) is 10.9 Å². The molecule has 0 atom stereocenters. The van der Waals surface area contributed by atoms with Crippen LogP contribution in [-0.2, 0) is 0 Å². The van der Waals surface area contributed by atoms with Gasteiger partial charge >= 0.3 is 0 Å². The molecule has 0 spiro atoms. The summed E-state index contributed by atoms with van der Waals surface area (Å²) in [6.45, 7) is 7.58. The van der Waals surface area contributed by atoms with Crippen molar-refractivity contribution in [3.8, 4) is 6.07 Å². The van der Waals surface area contributed by atoms with Crippen LogP contribution in [0.5, 0.6) is 0 Å². The van der Waals surface area contributed by atoms with E-state index in [-0.39, 0.29) is 0 Å². The van der Waals surface area contributed by atoms with E-state index >= 15 is 0 Å². The largest absolute Gasteiger partial charge is 0.366 e. The standard InChI is InChI=1S/C19H18ClN5S/c1-12-13(2)26-19(23-12)25-7-5-24(6-8-25)18-14(10-21)11-22-17-4-3-15(20)9-16(17)18/h3-4,9,11H,5-8H2,1-2H3. The smallest absolute Gasteiger partial charge is 0.185 e. The molecule has 3 heterocycles. The van der Waals surface area contributed by atoms with Gasteiger partial charge in [-0.15, -0.1) is 11.3 Å². The minimum Gasteiger partial charge on any atom is -0.366 e. The number of rotatable bonds is 2. The van der Waals surface area contributed by atoms with E-state index in [9.17, 15) is 5.26 Å². The Kier molecular flexibility index (Phi) is 4.43. The first-order valence-electron chi connectivity index (χ1n) is 8.49. The second kappa shape index (κ2) is 6.75. The maximum absolute atomic E-state index is 9.57. The van der Waals surface area contributed by atoms with Gasteiger partial charge in [-0.3, -0.25) is 4.98 Å². The SMILES string of the molecule is Cc1nc(N2CCN(c3c(C#N)cnc4ccc(Cl)cc34)CC2)sc1C. The van der Waals surface area contributed by atoms with Crippen molar-refractivity contribution in [3.05, 3.63) is 45.6 Å². The first-order valence-corrected chi connectivity index (χ1v) is 9.68. The number of nitrogens with zero attached hydrogens (tertiary/aromatic N) is 5. The third kappa shape index (κ3) is 2.98. The number of piperazine rings is 1. The quantitative estimate of drug-likeness (QED) is 0.665. The average Bonchev–Trinajstić information content (AvgIpc) is 2.99. The number of hydrogen-bond donors (Lipinski definition) is 0. The Hall–Kier alpha value is -2.36. The van der Waals surface area contributed by atoms with E-state index < -0.39 is 0 Å². The molecule has 1 fully saturated rings. The van der Waals surface area contributed by atoms with Gasteiger partial charge in [0, 0.05) is 47.7 Å². The van der Waals surface area contributed by atoms with Crippen molar-refractivity contribution in [3.63, 3.8) is 0 Å². The maximum atomic E-state index is 9.57. The third-order valence-corrected chi connectivity index (χ3v) is 6.17. The Morgan fingerprint density at radius 2 is 1.88 bits per heavy atom. The van der Waals surface area contributed by atoms with Gasteiger partial charge in [0.05, 0.1) is 22.5 Å². The highest BCUT2D eigenvalue weighted by atomic mass is 35.5. The van der Waals surface area contributed by atoms with Crippen LogP contribution in [0, 0.1) is 25.2 Å². The summed E-state index contributed by atoms with van der Waals surface area (Å²) in [6.07, 6.45) is 1.66. The van der Waals surface area contributed by atoms with Gasteiger partial charge in [-0.2, -0.15) is 5.26 Å². The number of fused-ring (bicyclic) bond motifs is 1. The molecule has 0 bridgehead atoms. The van der Waals surface area contributed by atoms with Gasteiger partial charge in [0.15, 0.2) is 5.13 Å². The lowest BCUT2D eigenvalue weighted by Gasteiger charge is -2.36. The number of aryl methyl sites for hydroxylation is 2. The monoisotopic (exact) mass is 383 g/mol. The lowest BCUT2D eigenvalue weighted by atomic mass is 10.1. The Balaban J connectivity index is 1.65. The minimum atomic E-state index is 0.592. The normalized spacial score (nSPS) is 14.7. The fourth-order valence-corrected chi connectivity index (χ4v) is 4.42. The molecule has 1 aliphatic heterocycles. The van der Waals surface area contributed by atoms with Crippen molar-refractivity contribution in [2.75, 3.05) is 36.0 Å². The molecule has 5 nitrogen and oxygen atoms in total. The highest BCUT2D eigenvalue weighted by molar-refractivity contribution is 7.15. The number of halogens is 1. The van der Waals surface area contributed by atoms with Gasteiger partial charge in [-0.25, -0.2) is 4.98 Å². The summed E-state index contributed by atoms with van der Waals surface area (Å²) >= 11 is 7.95. The lowest BCUT2D eigenvalue weighted by Crippen LogP contribution is -2.46. The van der Waals surface area contributed by atoms with E-state index in [0.29, 0.717) is 10.6 Å². The van der Waals surface area contributed by atoms with E-state index in [0.717, 1.165) is 53.6 Å². The second-order valence-electron chi connectivity index (χ2n) is 6.41. The average molecular weight is 384 g/mol. The van der Waals surface area contributed by atoms with Crippen LogP contribution in [0.1, 0.15) is 16.1 Å². The molecule has 0 N–H and O–H groups in total. The molecule has 0 unspecified atom stereocenters. The molecular weight excluding hydrogens is 366 g/mol. The molecule has 3 aromatic rings. The number of thiazole rings is 1. The van der Waals surface area contributed by atoms with Crippen LogP contribution in [0.4, 0.5) is 10.8 Å². The van der Waals surface area contributed by atoms with E-state index in [1.807, 2.05) is 18.2 Å². The highest BCUT2D eigenvalue weighted by Gasteiger charge is 2.23. The molecule has 4 rings (SSSR count). The fourth-order valence-electron chi connectivity index (χ4n) is 3.29. The molecule has 132 valence electrons. The topological polar surface area (TPSA) is 56.1 Å². The van der Waals surface area contributed by atoms with E-state index in [1.54, 1.807) is 17.5 Å². The van der Waals surface area contributed by atoms with Crippen LogP contribution in [0.2, 0.25) is 5.02 Å². The van der Waals surface area contributed by atoms with E-state index in [4.69, 9.17) is 11.6 Å². The number of anilines is 2. The fraction of sp³-hybridized carbons (Fsp3) is 0.316. The van der Waals surface area contributed by atoms with Gasteiger partial charge in [-0.05, 0) is 32.0 Å². The Bertz CT molecular complexity index is 995. The van der Waals surface area contributed by atoms with Crippen LogP contribution in [0.3, 0.4) is 0 Å². The summed E-state index contributed by atoms with van der Waals surface area (Å²) in [7, 11) is 0. The maximum Gasteiger partial charge on any atom is 0.185 e. The summed E-state index contributed by atoms with van der Waals surface area (Å²) in [5.74, 6) is 0. The first-order chi connectivity index (χ1) is 12.6. The first kappa shape index (κ1) is 17.1. The molecule has 7 heteroatoms. The van der Waals surface area contributed by atoms with Crippen molar-refractivity contribution in [1.29, 1.82) is 5.26 Å². The zero-order valence-electron chi connectivity index (χ0n) is 14.7. The van der Waals surface area contributed by atoms with Crippen LogP contribution >= 0.6 is 22.9 Å². The van der Waals surface area contributed by atoms with Crippen LogP contribution in [0.15, 0.2) is 24.4 Å². The lowest BCUT2D eigenvalue weighted by molar-refractivity contribution is 0.652. The van der Waals surface area contributed by atoms with Gasteiger partial charge in [0.1, 0.15) is 6.07 Å². The molecule has 26 heavy (non-hydrogen) atoms. The zero-order chi connectivity index (χ0) is 18.3. The molecule has 0 aliphatic carbocycles. The number of pyridine rings is 1. The third-order valence-electron chi connectivity index (χ3n) is 4.81.